The van der Waals surface area contributed by atoms with E-state index in [1.165, 1.54) is 10.4 Å². The highest BCUT2D eigenvalue weighted by Gasteiger charge is 2.21. The van der Waals surface area contributed by atoms with Gasteiger partial charge in [-0.1, -0.05) is 12.1 Å². The third-order valence-electron chi connectivity index (χ3n) is 6.83. The Balaban J connectivity index is 1.23. The van der Waals surface area contributed by atoms with Crippen LogP contribution in [0.25, 0.3) is 10.2 Å². The zero-order chi connectivity index (χ0) is 24.9. The van der Waals surface area contributed by atoms with Gasteiger partial charge in [0.15, 0.2) is 0 Å². The molecule has 1 N–H and O–H groups in total. The molecule has 2 aromatic heterocycles. The van der Waals surface area contributed by atoms with Crippen molar-refractivity contribution in [2.45, 2.75) is 79.1 Å². The third kappa shape index (κ3) is 6.93. The molecule has 0 spiro atoms. The minimum atomic E-state index is 0.455. The normalized spacial score (nSPS) is 15.6. The number of nitrogens with zero attached hydrogens (tertiary/aromatic N) is 4. The van der Waals surface area contributed by atoms with E-state index in [0.717, 1.165) is 73.2 Å². The molecule has 1 fully saturated rings. The van der Waals surface area contributed by atoms with Crippen molar-refractivity contribution in [3.63, 3.8) is 0 Å². The second kappa shape index (κ2) is 11.7. The molecule has 3 heterocycles. The minimum Gasteiger partial charge on any atom is -0.492 e. The molecule has 6 nitrogen and oxygen atoms in total. The van der Waals surface area contributed by atoms with E-state index in [-0.39, 0.29) is 0 Å². The summed E-state index contributed by atoms with van der Waals surface area (Å²) in [5.74, 6) is 2.79. The van der Waals surface area contributed by atoms with Crippen LogP contribution in [-0.2, 0) is 6.54 Å². The molecule has 0 radical (unpaired) electrons. The van der Waals surface area contributed by atoms with E-state index in [1.807, 2.05) is 6.92 Å². The zero-order valence-electron chi connectivity index (χ0n) is 22.2. The van der Waals surface area contributed by atoms with Crippen LogP contribution in [0.15, 0.2) is 30.3 Å². The molecule has 0 saturated carbocycles. The summed E-state index contributed by atoms with van der Waals surface area (Å²) < 4.78 is 6.02. The number of fused-ring (bicyclic) bond motifs is 1. The summed E-state index contributed by atoms with van der Waals surface area (Å²) in [6, 6.07) is 12.4. The van der Waals surface area contributed by atoms with Crippen molar-refractivity contribution in [3.8, 4) is 5.75 Å². The number of piperidine rings is 1. The molecular formula is C28H41N5OS. The number of rotatable bonds is 10. The summed E-state index contributed by atoms with van der Waals surface area (Å²) in [6.07, 6.45) is 2.24. The first-order valence-corrected chi connectivity index (χ1v) is 13.8. The fourth-order valence-electron chi connectivity index (χ4n) is 5.02. The van der Waals surface area contributed by atoms with E-state index in [1.54, 1.807) is 11.3 Å². The Kier molecular flexibility index (Phi) is 8.63. The third-order valence-corrected chi connectivity index (χ3v) is 7.77. The topological polar surface area (TPSA) is 53.5 Å². The number of thiophene rings is 1. The van der Waals surface area contributed by atoms with Crippen molar-refractivity contribution in [3.05, 3.63) is 46.6 Å². The van der Waals surface area contributed by atoms with Gasteiger partial charge >= 0.3 is 0 Å². The highest BCUT2D eigenvalue weighted by Crippen LogP contribution is 2.30. The van der Waals surface area contributed by atoms with Gasteiger partial charge < -0.3 is 10.1 Å². The molecule has 4 rings (SSSR count). The van der Waals surface area contributed by atoms with Gasteiger partial charge in [0.05, 0.1) is 5.39 Å². The second-order valence-electron chi connectivity index (χ2n) is 10.3. The Labute approximate surface area is 214 Å². The van der Waals surface area contributed by atoms with E-state index >= 15 is 0 Å². The lowest BCUT2D eigenvalue weighted by molar-refractivity contribution is 0.142. The highest BCUT2D eigenvalue weighted by atomic mass is 32.1. The molecule has 1 aliphatic heterocycles. The Bertz CT molecular complexity index is 1080. The molecule has 3 aromatic rings. The van der Waals surface area contributed by atoms with Crippen LogP contribution in [0, 0.1) is 13.8 Å². The van der Waals surface area contributed by atoms with Gasteiger partial charge in [-0.15, -0.1) is 11.3 Å². The maximum atomic E-state index is 6.02. The SMILES string of the molecule is Cc1nc(NC2CCN(Cc3ccc(OCCN(C(C)C)C(C)C)cc3)CC2)c2cc(C)sc2n1. The number of benzene rings is 1. The average Bonchev–Trinajstić information content (AvgIpc) is 3.18. The number of aromatic nitrogens is 2. The summed E-state index contributed by atoms with van der Waals surface area (Å²) in [7, 11) is 0. The van der Waals surface area contributed by atoms with Crippen LogP contribution in [0.1, 0.15) is 56.8 Å². The zero-order valence-corrected chi connectivity index (χ0v) is 23.0. The summed E-state index contributed by atoms with van der Waals surface area (Å²) in [4.78, 5) is 16.7. The number of aryl methyl sites for hydroxylation is 2. The van der Waals surface area contributed by atoms with Crippen molar-refractivity contribution >= 4 is 27.4 Å². The van der Waals surface area contributed by atoms with Gasteiger partial charge in [-0.25, -0.2) is 9.97 Å². The summed E-state index contributed by atoms with van der Waals surface area (Å²) >= 11 is 1.74. The van der Waals surface area contributed by atoms with Gasteiger partial charge in [0, 0.05) is 49.2 Å². The number of anilines is 1. The highest BCUT2D eigenvalue weighted by molar-refractivity contribution is 7.18. The molecule has 0 aliphatic carbocycles. The Hall–Kier alpha value is -2.22. The van der Waals surface area contributed by atoms with Gasteiger partial charge in [0.1, 0.15) is 28.8 Å². The number of likely N-dealkylation sites (tertiary alicyclic amines) is 1. The number of ether oxygens (including phenoxy) is 1. The first-order valence-electron chi connectivity index (χ1n) is 13.0. The Morgan fingerprint density at radius 1 is 1.06 bits per heavy atom. The number of nitrogens with one attached hydrogen (secondary N) is 1. The van der Waals surface area contributed by atoms with Gasteiger partial charge in [0.25, 0.3) is 0 Å². The fraction of sp³-hybridized carbons (Fsp3) is 0.571. The van der Waals surface area contributed by atoms with Crippen LogP contribution in [-0.4, -0.2) is 64.1 Å². The first-order chi connectivity index (χ1) is 16.8. The second-order valence-corrected chi connectivity index (χ2v) is 11.5. The lowest BCUT2D eigenvalue weighted by atomic mass is 10.0. The lowest BCUT2D eigenvalue weighted by Gasteiger charge is -2.32. The molecular weight excluding hydrogens is 454 g/mol. The summed E-state index contributed by atoms with van der Waals surface area (Å²) in [5.41, 5.74) is 1.34. The van der Waals surface area contributed by atoms with Crippen LogP contribution in [0.4, 0.5) is 5.82 Å². The van der Waals surface area contributed by atoms with Gasteiger partial charge in [-0.05, 0) is 78.1 Å². The van der Waals surface area contributed by atoms with Crippen LogP contribution in [0.5, 0.6) is 5.75 Å². The van der Waals surface area contributed by atoms with E-state index < -0.39 is 0 Å². The summed E-state index contributed by atoms with van der Waals surface area (Å²) in [5, 5.41) is 4.88. The first kappa shape index (κ1) is 25.9. The van der Waals surface area contributed by atoms with Gasteiger partial charge in [-0.3, -0.25) is 9.80 Å². The molecule has 0 amide bonds. The van der Waals surface area contributed by atoms with Crippen molar-refractivity contribution in [1.29, 1.82) is 0 Å². The van der Waals surface area contributed by atoms with Crippen molar-refractivity contribution in [2.75, 3.05) is 31.6 Å². The van der Waals surface area contributed by atoms with Crippen molar-refractivity contribution < 1.29 is 4.74 Å². The molecule has 0 unspecified atom stereocenters. The predicted octanol–water partition coefficient (Wildman–Crippen LogP) is 5.88. The molecule has 7 heteroatoms. The summed E-state index contributed by atoms with van der Waals surface area (Å²) in [6.45, 7) is 17.9. The van der Waals surface area contributed by atoms with Crippen molar-refractivity contribution in [2.24, 2.45) is 0 Å². The van der Waals surface area contributed by atoms with Crippen molar-refractivity contribution in [1.82, 2.24) is 19.8 Å². The molecule has 35 heavy (non-hydrogen) atoms. The lowest BCUT2D eigenvalue weighted by Crippen LogP contribution is -2.39. The largest absolute Gasteiger partial charge is 0.492 e. The molecule has 0 bridgehead atoms. The number of hydrogen-bond donors (Lipinski definition) is 1. The fourth-order valence-corrected chi connectivity index (χ4v) is 5.94. The van der Waals surface area contributed by atoms with Crippen LogP contribution < -0.4 is 10.1 Å². The quantitative estimate of drug-likeness (QED) is 0.379. The van der Waals surface area contributed by atoms with Crippen LogP contribution in [0.3, 0.4) is 0 Å². The van der Waals surface area contributed by atoms with Crippen LogP contribution >= 0.6 is 11.3 Å². The monoisotopic (exact) mass is 495 g/mol. The predicted molar refractivity (Wildman–Crippen MR) is 148 cm³/mol. The molecule has 0 atom stereocenters. The maximum absolute atomic E-state index is 6.02. The Morgan fingerprint density at radius 2 is 1.74 bits per heavy atom. The maximum Gasteiger partial charge on any atom is 0.138 e. The Morgan fingerprint density at radius 3 is 2.40 bits per heavy atom. The van der Waals surface area contributed by atoms with Crippen LogP contribution in [0.2, 0.25) is 0 Å². The van der Waals surface area contributed by atoms with E-state index in [4.69, 9.17) is 9.72 Å². The molecule has 1 aromatic carbocycles. The molecule has 1 aliphatic rings. The molecule has 1 saturated heterocycles. The molecule has 190 valence electrons. The minimum absolute atomic E-state index is 0.455. The number of hydrogen-bond acceptors (Lipinski definition) is 7. The smallest absolute Gasteiger partial charge is 0.138 e. The van der Waals surface area contributed by atoms with Gasteiger partial charge in [-0.2, -0.15) is 0 Å². The van der Waals surface area contributed by atoms with E-state index in [9.17, 15) is 0 Å². The van der Waals surface area contributed by atoms with E-state index in [2.05, 4.69) is 85.1 Å². The standard InChI is InChI=1S/C28H41N5OS/c1-19(2)33(20(3)4)15-16-34-25-9-7-23(8-10-25)18-32-13-11-24(12-14-32)31-27-26-17-21(5)35-28(26)30-22(6)29-27/h7-10,17,19-20,24H,11-16,18H2,1-6H3,(H,29,30,31). The average molecular weight is 496 g/mol. The van der Waals surface area contributed by atoms with Gasteiger partial charge in [0.2, 0.25) is 0 Å². The van der Waals surface area contributed by atoms with E-state index in [0.29, 0.717) is 18.1 Å².